The predicted molar refractivity (Wildman–Crippen MR) is 110 cm³/mol. The molecule has 1 aromatic carbocycles. The van der Waals surface area contributed by atoms with Crippen molar-refractivity contribution in [2.24, 2.45) is 0 Å². The number of amides is 1. The zero-order chi connectivity index (χ0) is 21.0. The summed E-state index contributed by atoms with van der Waals surface area (Å²) in [7, 11) is 0. The van der Waals surface area contributed by atoms with Gasteiger partial charge >= 0.3 is 0 Å². The van der Waals surface area contributed by atoms with Crippen molar-refractivity contribution in [2.45, 2.75) is 39.7 Å². The number of ether oxygens (including phenoxy) is 2. The highest BCUT2D eigenvalue weighted by Gasteiger charge is 2.12. The lowest BCUT2D eigenvalue weighted by Crippen LogP contribution is -2.35. The van der Waals surface area contributed by atoms with Gasteiger partial charge in [-0.25, -0.2) is 19.9 Å². The molecule has 0 aliphatic heterocycles. The van der Waals surface area contributed by atoms with Gasteiger partial charge in [0.2, 0.25) is 17.7 Å². The molecule has 2 aromatic heterocycles. The van der Waals surface area contributed by atoms with Crippen LogP contribution in [0.1, 0.15) is 39.4 Å². The minimum absolute atomic E-state index is 0.117. The van der Waals surface area contributed by atoms with Crippen LogP contribution in [0, 0.1) is 0 Å². The van der Waals surface area contributed by atoms with Crippen LogP contribution in [0.15, 0.2) is 30.7 Å². The molecule has 9 heteroatoms. The van der Waals surface area contributed by atoms with Crippen LogP contribution in [0.25, 0.3) is 10.9 Å². The summed E-state index contributed by atoms with van der Waals surface area (Å²) in [5.74, 6) is 1.90. The maximum atomic E-state index is 11.0. The first-order valence-corrected chi connectivity index (χ1v) is 9.56. The van der Waals surface area contributed by atoms with E-state index in [4.69, 9.17) is 21.1 Å². The Morgan fingerprint density at radius 1 is 1.10 bits per heavy atom. The summed E-state index contributed by atoms with van der Waals surface area (Å²) in [6, 6.07) is 3.43. The van der Waals surface area contributed by atoms with E-state index in [9.17, 15) is 4.79 Å². The van der Waals surface area contributed by atoms with E-state index in [0.29, 0.717) is 22.0 Å². The summed E-state index contributed by atoms with van der Waals surface area (Å²) in [4.78, 5) is 28.2. The van der Waals surface area contributed by atoms with Gasteiger partial charge in [0, 0.05) is 24.4 Å². The van der Waals surface area contributed by atoms with Gasteiger partial charge in [0.25, 0.3) is 0 Å². The maximum absolute atomic E-state index is 11.0. The second-order valence-corrected chi connectivity index (χ2v) is 7.28. The Labute approximate surface area is 173 Å². The van der Waals surface area contributed by atoms with Crippen LogP contribution in [0.3, 0.4) is 0 Å². The van der Waals surface area contributed by atoms with Crippen molar-refractivity contribution in [2.75, 3.05) is 6.61 Å². The number of carbonyl (C=O) groups is 1. The molecule has 0 saturated carbocycles. The van der Waals surface area contributed by atoms with Crippen LogP contribution in [-0.4, -0.2) is 38.5 Å². The Kier molecular flexibility index (Phi) is 6.43. The first kappa shape index (κ1) is 20.7. The molecule has 1 atom stereocenters. The fourth-order valence-corrected chi connectivity index (χ4v) is 2.81. The molecule has 29 heavy (non-hydrogen) atoms. The SMILES string of the molecule is CC(=O)N[C@@H](C)COc1cnc(Oc2ccc3nc(C(C)C)ncc3c2Cl)cn1. The van der Waals surface area contributed by atoms with E-state index in [-0.39, 0.29) is 30.4 Å². The number of aromatic nitrogens is 4. The highest BCUT2D eigenvalue weighted by molar-refractivity contribution is 6.36. The van der Waals surface area contributed by atoms with Crippen LogP contribution in [0.4, 0.5) is 0 Å². The molecule has 0 spiro atoms. The Hall–Kier alpha value is -3.00. The standard InChI is InChI=1S/C20H22ClN5O3/c1-11(2)20-24-7-14-15(26-20)5-6-16(19(14)21)29-18-9-22-17(8-23-18)28-10-12(3)25-13(4)27/h5-9,11-12H,10H2,1-4H3,(H,25,27)/t12-/m0/s1. The van der Waals surface area contributed by atoms with Crippen molar-refractivity contribution in [3.8, 4) is 17.5 Å². The van der Waals surface area contributed by atoms with Crippen LogP contribution in [-0.2, 0) is 4.79 Å². The first-order valence-electron chi connectivity index (χ1n) is 9.18. The van der Waals surface area contributed by atoms with E-state index >= 15 is 0 Å². The molecule has 1 N–H and O–H groups in total. The molecule has 0 bridgehead atoms. The third-order valence-electron chi connectivity index (χ3n) is 3.95. The van der Waals surface area contributed by atoms with E-state index in [2.05, 4.69) is 25.3 Å². The Balaban J connectivity index is 1.69. The number of hydrogen-bond acceptors (Lipinski definition) is 7. The summed E-state index contributed by atoms with van der Waals surface area (Å²) < 4.78 is 11.3. The van der Waals surface area contributed by atoms with Crippen molar-refractivity contribution in [1.29, 1.82) is 0 Å². The van der Waals surface area contributed by atoms with Crippen molar-refractivity contribution in [3.05, 3.63) is 41.6 Å². The highest BCUT2D eigenvalue weighted by atomic mass is 35.5. The van der Waals surface area contributed by atoms with E-state index in [0.717, 1.165) is 11.3 Å². The normalized spacial score (nSPS) is 12.1. The number of halogens is 1. The molecule has 3 rings (SSSR count). The van der Waals surface area contributed by atoms with Gasteiger partial charge in [-0.1, -0.05) is 25.4 Å². The summed E-state index contributed by atoms with van der Waals surface area (Å²) >= 11 is 6.47. The molecule has 3 aromatic rings. The van der Waals surface area contributed by atoms with Gasteiger partial charge in [0.05, 0.1) is 29.0 Å². The summed E-state index contributed by atoms with van der Waals surface area (Å²) in [5, 5.41) is 3.83. The third kappa shape index (κ3) is 5.29. The van der Waals surface area contributed by atoms with E-state index in [1.807, 2.05) is 26.8 Å². The van der Waals surface area contributed by atoms with E-state index in [1.165, 1.54) is 19.3 Å². The van der Waals surface area contributed by atoms with Gasteiger partial charge in [0.15, 0.2) is 0 Å². The minimum Gasteiger partial charge on any atom is -0.474 e. The molecule has 0 aliphatic rings. The van der Waals surface area contributed by atoms with Crippen molar-refractivity contribution in [1.82, 2.24) is 25.3 Å². The average molecular weight is 416 g/mol. The summed E-state index contributed by atoms with van der Waals surface area (Å²) in [6.07, 6.45) is 4.59. The Morgan fingerprint density at radius 3 is 2.48 bits per heavy atom. The van der Waals surface area contributed by atoms with Crippen LogP contribution in [0.5, 0.6) is 17.5 Å². The first-order chi connectivity index (χ1) is 13.8. The third-order valence-corrected chi connectivity index (χ3v) is 4.34. The van der Waals surface area contributed by atoms with Gasteiger partial charge in [-0.15, -0.1) is 0 Å². The zero-order valence-corrected chi connectivity index (χ0v) is 17.4. The lowest BCUT2D eigenvalue weighted by Gasteiger charge is -2.13. The molecule has 1 amide bonds. The molecule has 0 fully saturated rings. The number of nitrogens with one attached hydrogen (secondary N) is 1. The second-order valence-electron chi connectivity index (χ2n) is 6.90. The van der Waals surface area contributed by atoms with Crippen molar-refractivity contribution < 1.29 is 14.3 Å². The predicted octanol–water partition coefficient (Wildman–Crippen LogP) is 3.89. The molecule has 8 nitrogen and oxygen atoms in total. The van der Waals surface area contributed by atoms with Gasteiger partial charge in [-0.2, -0.15) is 0 Å². The van der Waals surface area contributed by atoms with Gasteiger partial charge < -0.3 is 14.8 Å². The van der Waals surface area contributed by atoms with Gasteiger partial charge in [-0.3, -0.25) is 4.79 Å². The molecule has 0 aliphatic carbocycles. The van der Waals surface area contributed by atoms with Crippen molar-refractivity contribution in [3.63, 3.8) is 0 Å². The number of fused-ring (bicyclic) bond motifs is 1. The fraction of sp³-hybridized carbons (Fsp3) is 0.350. The van der Waals surface area contributed by atoms with Gasteiger partial charge in [0.1, 0.15) is 18.2 Å². The van der Waals surface area contributed by atoms with Crippen LogP contribution in [0.2, 0.25) is 5.02 Å². The quantitative estimate of drug-likeness (QED) is 0.624. The molecule has 2 heterocycles. The lowest BCUT2D eigenvalue weighted by atomic mass is 10.2. The average Bonchev–Trinajstić information content (AvgIpc) is 2.68. The van der Waals surface area contributed by atoms with Crippen molar-refractivity contribution >= 4 is 28.4 Å². The molecular weight excluding hydrogens is 394 g/mol. The largest absolute Gasteiger partial charge is 0.474 e. The minimum atomic E-state index is -0.139. The molecule has 152 valence electrons. The number of hydrogen-bond donors (Lipinski definition) is 1. The number of rotatable bonds is 7. The summed E-state index contributed by atoms with van der Waals surface area (Å²) in [6.45, 7) is 7.64. The van der Waals surface area contributed by atoms with E-state index in [1.54, 1.807) is 12.3 Å². The Bertz CT molecular complexity index is 1010. The fourth-order valence-electron chi connectivity index (χ4n) is 2.57. The van der Waals surface area contributed by atoms with Crippen LogP contribution < -0.4 is 14.8 Å². The second kappa shape index (κ2) is 9.00. The molecular formula is C20H22ClN5O3. The zero-order valence-electron chi connectivity index (χ0n) is 16.6. The summed E-state index contributed by atoms with van der Waals surface area (Å²) in [5.41, 5.74) is 0.754. The highest BCUT2D eigenvalue weighted by Crippen LogP contribution is 2.34. The topological polar surface area (TPSA) is 99.1 Å². The maximum Gasteiger partial charge on any atom is 0.238 e. The smallest absolute Gasteiger partial charge is 0.238 e. The van der Waals surface area contributed by atoms with Crippen LogP contribution >= 0.6 is 11.6 Å². The molecule has 0 saturated heterocycles. The lowest BCUT2D eigenvalue weighted by molar-refractivity contribution is -0.119. The molecule has 0 unspecified atom stereocenters. The number of nitrogens with zero attached hydrogens (tertiary/aromatic N) is 4. The number of benzene rings is 1. The van der Waals surface area contributed by atoms with E-state index < -0.39 is 0 Å². The van der Waals surface area contributed by atoms with Gasteiger partial charge in [-0.05, 0) is 19.1 Å². The Morgan fingerprint density at radius 2 is 1.83 bits per heavy atom. The number of carbonyl (C=O) groups excluding carboxylic acids is 1. The molecule has 0 radical (unpaired) electrons. The monoisotopic (exact) mass is 415 g/mol.